The molecule has 0 N–H and O–H groups in total. The number of carbonyl (C=O) groups is 1. The third-order valence-electron chi connectivity index (χ3n) is 4.55. The maximum atomic E-state index is 12.8. The van der Waals surface area contributed by atoms with Crippen molar-refractivity contribution in [3.63, 3.8) is 0 Å². The Morgan fingerprint density at radius 3 is 2.77 bits per heavy atom. The van der Waals surface area contributed by atoms with E-state index in [0.29, 0.717) is 34.9 Å². The van der Waals surface area contributed by atoms with E-state index in [2.05, 4.69) is 22.1 Å². The van der Waals surface area contributed by atoms with Crippen LogP contribution < -0.4 is 0 Å². The number of para-hydroxylation sites is 1. The number of halogens is 1. The van der Waals surface area contributed by atoms with Gasteiger partial charge in [0.15, 0.2) is 10.9 Å². The molecule has 0 saturated carbocycles. The summed E-state index contributed by atoms with van der Waals surface area (Å²) in [6.07, 6.45) is 5.19. The Kier molecular flexibility index (Phi) is 5.11. The highest BCUT2D eigenvalue weighted by molar-refractivity contribution is 7.98. The molecule has 0 atom stereocenters. The zero-order valence-electron chi connectivity index (χ0n) is 14.2. The predicted molar refractivity (Wildman–Crippen MR) is 106 cm³/mol. The van der Waals surface area contributed by atoms with Gasteiger partial charge in [-0.25, -0.2) is 15.0 Å². The Bertz CT molecular complexity index is 920. The Labute approximate surface area is 164 Å². The fourth-order valence-corrected chi connectivity index (χ4v) is 4.79. The van der Waals surface area contributed by atoms with Crippen LogP contribution in [0.15, 0.2) is 35.6 Å². The lowest BCUT2D eigenvalue weighted by molar-refractivity contribution is 0.0706. The first kappa shape index (κ1) is 17.7. The third-order valence-corrected chi connectivity index (χ3v) is 6.59. The molecule has 4 rings (SSSR count). The van der Waals surface area contributed by atoms with Crippen molar-refractivity contribution < 1.29 is 4.79 Å². The van der Waals surface area contributed by atoms with Crippen molar-refractivity contribution in [2.45, 2.75) is 23.9 Å². The highest BCUT2D eigenvalue weighted by Gasteiger charge is 2.28. The van der Waals surface area contributed by atoms with Gasteiger partial charge in [0.1, 0.15) is 0 Å². The minimum Gasteiger partial charge on any atom is -0.337 e. The molecule has 0 aliphatic carbocycles. The standard InChI is InChI=1S/C18H17ClN4OS2/c1-25-18-20-10-12(19)15(22-18)17(24)23-8-6-11(7-9-23)16-21-13-4-2-3-5-14(13)26-16/h2-5,10-11H,6-9H2,1H3. The lowest BCUT2D eigenvalue weighted by atomic mass is 9.97. The van der Waals surface area contributed by atoms with E-state index >= 15 is 0 Å². The minimum atomic E-state index is -0.115. The molecular weight excluding hydrogens is 388 g/mol. The molecule has 3 heterocycles. The molecule has 1 saturated heterocycles. The summed E-state index contributed by atoms with van der Waals surface area (Å²) in [7, 11) is 0. The zero-order chi connectivity index (χ0) is 18.1. The van der Waals surface area contributed by atoms with Gasteiger partial charge in [-0.05, 0) is 31.2 Å². The summed E-state index contributed by atoms with van der Waals surface area (Å²) >= 11 is 9.30. The Balaban J connectivity index is 1.47. The number of thioether (sulfide) groups is 1. The van der Waals surface area contributed by atoms with Crippen LogP contribution in [0.25, 0.3) is 10.2 Å². The topological polar surface area (TPSA) is 59.0 Å². The molecule has 3 aromatic rings. The molecular formula is C18H17ClN4OS2. The lowest BCUT2D eigenvalue weighted by Gasteiger charge is -2.31. The second-order valence-electron chi connectivity index (χ2n) is 6.14. The van der Waals surface area contributed by atoms with Crippen molar-refractivity contribution in [2.24, 2.45) is 0 Å². The molecule has 1 aromatic carbocycles. The van der Waals surface area contributed by atoms with E-state index in [-0.39, 0.29) is 5.91 Å². The van der Waals surface area contributed by atoms with E-state index < -0.39 is 0 Å². The molecule has 0 bridgehead atoms. The fourth-order valence-electron chi connectivity index (χ4n) is 3.14. The van der Waals surface area contributed by atoms with Crippen molar-refractivity contribution in [3.05, 3.63) is 46.2 Å². The van der Waals surface area contributed by atoms with Gasteiger partial charge in [-0.15, -0.1) is 11.3 Å². The molecule has 5 nitrogen and oxygen atoms in total. The number of rotatable bonds is 3. The average molecular weight is 405 g/mol. The first-order valence-electron chi connectivity index (χ1n) is 8.37. The van der Waals surface area contributed by atoms with Crippen LogP contribution in [0.5, 0.6) is 0 Å². The number of fused-ring (bicyclic) bond motifs is 1. The molecule has 1 aliphatic heterocycles. The van der Waals surface area contributed by atoms with E-state index in [1.165, 1.54) is 27.7 Å². The highest BCUT2D eigenvalue weighted by Crippen LogP contribution is 2.34. The summed E-state index contributed by atoms with van der Waals surface area (Å²) in [6, 6.07) is 8.21. The summed E-state index contributed by atoms with van der Waals surface area (Å²) in [6.45, 7) is 1.38. The number of hydrogen-bond acceptors (Lipinski definition) is 6. The summed E-state index contributed by atoms with van der Waals surface area (Å²) < 4.78 is 1.22. The van der Waals surface area contributed by atoms with Gasteiger partial charge in [0.25, 0.3) is 5.91 Å². The number of benzene rings is 1. The molecule has 0 radical (unpaired) electrons. The molecule has 0 spiro atoms. The Hall–Kier alpha value is -1.70. The number of nitrogens with zero attached hydrogens (tertiary/aromatic N) is 4. The number of amides is 1. The van der Waals surface area contributed by atoms with E-state index in [0.717, 1.165) is 18.4 Å². The Morgan fingerprint density at radius 1 is 1.27 bits per heavy atom. The molecule has 1 fully saturated rings. The second-order valence-corrected chi connectivity index (χ2v) is 8.38. The number of carbonyl (C=O) groups excluding carboxylic acids is 1. The zero-order valence-corrected chi connectivity index (χ0v) is 16.6. The first-order chi connectivity index (χ1) is 12.7. The SMILES string of the molecule is CSc1ncc(Cl)c(C(=O)N2CCC(c3nc4ccccc4s3)CC2)n1. The van der Waals surface area contributed by atoms with E-state index in [9.17, 15) is 4.79 Å². The molecule has 2 aromatic heterocycles. The van der Waals surface area contributed by atoms with Gasteiger partial charge >= 0.3 is 0 Å². The van der Waals surface area contributed by atoms with Crippen molar-refractivity contribution >= 4 is 50.8 Å². The normalized spacial score (nSPS) is 15.5. The van der Waals surface area contributed by atoms with Gasteiger partial charge < -0.3 is 4.90 Å². The van der Waals surface area contributed by atoms with Crippen LogP contribution in [0.3, 0.4) is 0 Å². The van der Waals surface area contributed by atoms with Crippen molar-refractivity contribution in [2.75, 3.05) is 19.3 Å². The first-order valence-corrected chi connectivity index (χ1v) is 10.8. The maximum Gasteiger partial charge on any atom is 0.274 e. The highest BCUT2D eigenvalue weighted by atomic mass is 35.5. The molecule has 0 unspecified atom stereocenters. The lowest BCUT2D eigenvalue weighted by Crippen LogP contribution is -2.38. The number of hydrogen-bond donors (Lipinski definition) is 0. The smallest absolute Gasteiger partial charge is 0.274 e. The van der Waals surface area contributed by atoms with Crippen LogP contribution in [0.1, 0.15) is 34.3 Å². The van der Waals surface area contributed by atoms with Gasteiger partial charge in [-0.1, -0.05) is 35.5 Å². The Morgan fingerprint density at radius 2 is 2.04 bits per heavy atom. The predicted octanol–water partition coefficient (Wildman–Crippen LogP) is 4.48. The summed E-state index contributed by atoms with van der Waals surface area (Å²) in [4.78, 5) is 27.8. The monoisotopic (exact) mass is 404 g/mol. The minimum absolute atomic E-state index is 0.115. The number of piperidine rings is 1. The maximum absolute atomic E-state index is 12.8. The molecule has 26 heavy (non-hydrogen) atoms. The van der Waals surface area contributed by atoms with E-state index in [1.807, 2.05) is 23.3 Å². The van der Waals surface area contributed by atoms with Gasteiger partial charge in [0.2, 0.25) is 0 Å². The summed E-state index contributed by atoms with van der Waals surface area (Å²) in [5.74, 6) is 0.287. The summed E-state index contributed by atoms with van der Waals surface area (Å²) in [5, 5.41) is 2.03. The molecule has 8 heteroatoms. The van der Waals surface area contributed by atoms with Gasteiger partial charge in [-0.3, -0.25) is 4.79 Å². The van der Waals surface area contributed by atoms with Crippen LogP contribution in [0, 0.1) is 0 Å². The molecule has 134 valence electrons. The van der Waals surface area contributed by atoms with Gasteiger partial charge in [0.05, 0.1) is 26.4 Å². The van der Waals surface area contributed by atoms with Crippen LogP contribution in [0.4, 0.5) is 0 Å². The largest absolute Gasteiger partial charge is 0.337 e. The number of aromatic nitrogens is 3. The van der Waals surface area contributed by atoms with Crippen LogP contribution >= 0.6 is 34.7 Å². The fraction of sp³-hybridized carbons (Fsp3) is 0.333. The van der Waals surface area contributed by atoms with E-state index in [1.54, 1.807) is 11.3 Å². The second kappa shape index (κ2) is 7.50. The molecule has 1 aliphatic rings. The number of likely N-dealkylation sites (tertiary alicyclic amines) is 1. The van der Waals surface area contributed by atoms with Gasteiger partial charge in [-0.2, -0.15) is 0 Å². The van der Waals surface area contributed by atoms with Crippen molar-refractivity contribution in [1.82, 2.24) is 19.9 Å². The van der Waals surface area contributed by atoms with Crippen molar-refractivity contribution in [3.8, 4) is 0 Å². The molecule has 1 amide bonds. The summed E-state index contributed by atoms with van der Waals surface area (Å²) in [5.41, 5.74) is 1.35. The van der Waals surface area contributed by atoms with Crippen molar-refractivity contribution in [1.29, 1.82) is 0 Å². The van der Waals surface area contributed by atoms with Crippen LogP contribution in [0.2, 0.25) is 5.02 Å². The van der Waals surface area contributed by atoms with Gasteiger partial charge in [0, 0.05) is 19.0 Å². The van der Waals surface area contributed by atoms with Crippen LogP contribution in [-0.2, 0) is 0 Å². The quantitative estimate of drug-likeness (QED) is 0.475. The number of thiazole rings is 1. The third kappa shape index (κ3) is 3.43. The van der Waals surface area contributed by atoms with Crippen LogP contribution in [-0.4, -0.2) is 45.1 Å². The average Bonchev–Trinajstić information content (AvgIpc) is 3.12. The van der Waals surface area contributed by atoms with E-state index in [4.69, 9.17) is 16.6 Å².